The van der Waals surface area contributed by atoms with E-state index in [4.69, 9.17) is 0 Å². The molecule has 0 fully saturated rings. The van der Waals surface area contributed by atoms with E-state index in [1.54, 1.807) is 6.92 Å². The van der Waals surface area contributed by atoms with Crippen LogP contribution in [0.5, 0.6) is 5.75 Å². The van der Waals surface area contributed by atoms with Crippen molar-refractivity contribution < 1.29 is 18.3 Å². The predicted molar refractivity (Wildman–Crippen MR) is 66.5 cm³/mol. The molecule has 0 bridgehead atoms. The highest BCUT2D eigenvalue weighted by Crippen LogP contribution is 2.28. The van der Waals surface area contributed by atoms with Gasteiger partial charge in [0.1, 0.15) is 11.6 Å². The molecule has 0 spiro atoms. The minimum Gasteiger partial charge on any atom is -0.507 e. The summed E-state index contributed by atoms with van der Waals surface area (Å²) >= 11 is 0. The average Bonchev–Trinajstić information content (AvgIpc) is 2.34. The molecule has 0 aliphatic heterocycles. The van der Waals surface area contributed by atoms with Crippen LogP contribution in [0.4, 0.5) is 18.9 Å². The summed E-state index contributed by atoms with van der Waals surface area (Å²) in [7, 11) is 0. The number of phenolic OH excluding ortho intramolecular Hbond substituents is 1. The molecule has 2 aromatic carbocycles. The topological polar surface area (TPSA) is 32.3 Å². The van der Waals surface area contributed by atoms with Crippen LogP contribution in [0.25, 0.3) is 0 Å². The summed E-state index contributed by atoms with van der Waals surface area (Å²) in [6.45, 7) is 1.65. The maximum absolute atomic E-state index is 13.5. The van der Waals surface area contributed by atoms with Gasteiger partial charge in [0.05, 0.1) is 11.7 Å². The minimum absolute atomic E-state index is 0.0174. The lowest BCUT2D eigenvalue weighted by Crippen LogP contribution is -2.09. The molecule has 5 heteroatoms. The van der Waals surface area contributed by atoms with Crippen LogP contribution in [-0.2, 0) is 0 Å². The molecule has 2 aromatic rings. The van der Waals surface area contributed by atoms with Crippen LogP contribution in [-0.4, -0.2) is 5.11 Å². The van der Waals surface area contributed by atoms with Crippen molar-refractivity contribution in [1.82, 2.24) is 0 Å². The number of hydrogen-bond acceptors (Lipinski definition) is 2. The van der Waals surface area contributed by atoms with E-state index >= 15 is 0 Å². The van der Waals surface area contributed by atoms with Gasteiger partial charge in [0, 0.05) is 11.6 Å². The Morgan fingerprint density at radius 2 is 1.84 bits per heavy atom. The third-order valence-corrected chi connectivity index (χ3v) is 2.78. The van der Waals surface area contributed by atoms with E-state index in [-0.39, 0.29) is 11.4 Å². The van der Waals surface area contributed by atoms with Crippen LogP contribution < -0.4 is 5.32 Å². The van der Waals surface area contributed by atoms with E-state index < -0.39 is 23.5 Å². The molecule has 0 amide bonds. The number of rotatable bonds is 3. The predicted octanol–water partition coefficient (Wildman–Crippen LogP) is 3.98. The van der Waals surface area contributed by atoms with Gasteiger partial charge in [0.25, 0.3) is 0 Å². The number of benzene rings is 2. The van der Waals surface area contributed by atoms with Crippen LogP contribution in [0, 0.1) is 17.5 Å². The lowest BCUT2D eigenvalue weighted by molar-refractivity contribution is 0.459. The second-order valence-electron chi connectivity index (χ2n) is 4.17. The molecule has 1 unspecified atom stereocenters. The largest absolute Gasteiger partial charge is 0.507 e. The molecular formula is C14H12F3NO. The molecule has 1 atom stereocenters. The SMILES string of the molecule is CC(Nc1cccc(F)c1F)c1ccc(F)cc1O. The highest BCUT2D eigenvalue weighted by molar-refractivity contribution is 5.48. The van der Waals surface area contributed by atoms with E-state index in [2.05, 4.69) is 5.32 Å². The van der Waals surface area contributed by atoms with Crippen molar-refractivity contribution in [3.8, 4) is 5.75 Å². The van der Waals surface area contributed by atoms with Crippen molar-refractivity contribution >= 4 is 5.69 Å². The molecule has 0 aliphatic carbocycles. The number of hydrogen-bond donors (Lipinski definition) is 2. The van der Waals surface area contributed by atoms with E-state index in [1.165, 1.54) is 24.3 Å². The van der Waals surface area contributed by atoms with Gasteiger partial charge in [-0.25, -0.2) is 13.2 Å². The fraction of sp³-hybridized carbons (Fsp3) is 0.143. The summed E-state index contributed by atoms with van der Waals surface area (Å²) in [4.78, 5) is 0. The van der Waals surface area contributed by atoms with Crippen LogP contribution in [0.1, 0.15) is 18.5 Å². The molecular weight excluding hydrogens is 255 g/mol. The van der Waals surface area contributed by atoms with Crippen molar-refractivity contribution in [1.29, 1.82) is 0 Å². The lowest BCUT2D eigenvalue weighted by Gasteiger charge is -2.17. The second kappa shape index (κ2) is 5.22. The summed E-state index contributed by atoms with van der Waals surface area (Å²) in [5.41, 5.74) is 0.376. The molecule has 0 saturated carbocycles. The molecule has 2 rings (SSSR count). The van der Waals surface area contributed by atoms with Crippen molar-refractivity contribution in [3.63, 3.8) is 0 Å². The first-order valence-corrected chi connectivity index (χ1v) is 5.68. The smallest absolute Gasteiger partial charge is 0.181 e. The Kier molecular flexibility index (Phi) is 3.64. The molecule has 2 nitrogen and oxygen atoms in total. The van der Waals surface area contributed by atoms with Gasteiger partial charge in [-0.2, -0.15) is 0 Å². The highest BCUT2D eigenvalue weighted by Gasteiger charge is 2.14. The Labute approximate surface area is 108 Å². The number of phenols is 1. The zero-order valence-electron chi connectivity index (χ0n) is 10.1. The number of nitrogens with one attached hydrogen (secondary N) is 1. The first kappa shape index (κ1) is 13.3. The third kappa shape index (κ3) is 2.81. The van der Waals surface area contributed by atoms with Crippen LogP contribution >= 0.6 is 0 Å². The van der Waals surface area contributed by atoms with Gasteiger partial charge in [0.15, 0.2) is 11.6 Å². The molecule has 0 saturated heterocycles. The second-order valence-corrected chi connectivity index (χ2v) is 4.17. The van der Waals surface area contributed by atoms with Crippen LogP contribution in [0.3, 0.4) is 0 Å². The first-order valence-electron chi connectivity index (χ1n) is 5.68. The zero-order valence-corrected chi connectivity index (χ0v) is 10.1. The third-order valence-electron chi connectivity index (χ3n) is 2.78. The standard InChI is InChI=1S/C14H12F3NO/c1-8(10-6-5-9(15)7-13(10)19)18-12-4-2-3-11(16)14(12)17/h2-8,18-19H,1H3. The molecule has 2 N–H and O–H groups in total. The quantitative estimate of drug-likeness (QED) is 0.881. The van der Waals surface area contributed by atoms with Crippen LogP contribution in [0.15, 0.2) is 36.4 Å². The van der Waals surface area contributed by atoms with Crippen molar-refractivity contribution in [2.45, 2.75) is 13.0 Å². The molecule has 19 heavy (non-hydrogen) atoms. The molecule has 100 valence electrons. The monoisotopic (exact) mass is 267 g/mol. The van der Waals surface area contributed by atoms with Gasteiger partial charge in [-0.3, -0.25) is 0 Å². The normalized spacial score (nSPS) is 12.2. The molecule has 0 aliphatic rings. The fourth-order valence-corrected chi connectivity index (χ4v) is 1.81. The summed E-state index contributed by atoms with van der Waals surface area (Å²) in [5.74, 6) is -2.75. The lowest BCUT2D eigenvalue weighted by atomic mass is 10.1. The Balaban J connectivity index is 2.25. The highest BCUT2D eigenvalue weighted by atomic mass is 19.2. The number of aromatic hydroxyl groups is 1. The Morgan fingerprint density at radius 3 is 2.53 bits per heavy atom. The van der Waals surface area contributed by atoms with E-state index in [9.17, 15) is 18.3 Å². The summed E-state index contributed by atoms with van der Waals surface area (Å²) in [6, 6.07) is 6.81. The van der Waals surface area contributed by atoms with Gasteiger partial charge >= 0.3 is 0 Å². The van der Waals surface area contributed by atoms with E-state index in [1.807, 2.05) is 0 Å². The number of halogens is 3. The first-order chi connectivity index (χ1) is 8.99. The Morgan fingerprint density at radius 1 is 1.11 bits per heavy atom. The maximum Gasteiger partial charge on any atom is 0.181 e. The molecule has 0 aromatic heterocycles. The molecule has 0 heterocycles. The van der Waals surface area contributed by atoms with Crippen LogP contribution in [0.2, 0.25) is 0 Å². The van der Waals surface area contributed by atoms with Crippen molar-refractivity contribution in [2.24, 2.45) is 0 Å². The maximum atomic E-state index is 13.5. The van der Waals surface area contributed by atoms with E-state index in [0.717, 1.165) is 12.1 Å². The minimum atomic E-state index is -0.990. The van der Waals surface area contributed by atoms with Gasteiger partial charge < -0.3 is 10.4 Å². The zero-order chi connectivity index (χ0) is 14.0. The summed E-state index contributed by atoms with van der Waals surface area (Å²) in [5, 5.41) is 12.3. The van der Waals surface area contributed by atoms with Gasteiger partial charge in [0.2, 0.25) is 0 Å². The Bertz CT molecular complexity index is 601. The average molecular weight is 267 g/mol. The summed E-state index contributed by atoms with van der Waals surface area (Å²) in [6.07, 6.45) is 0. The van der Waals surface area contributed by atoms with E-state index in [0.29, 0.717) is 5.56 Å². The van der Waals surface area contributed by atoms with Gasteiger partial charge in [-0.05, 0) is 25.1 Å². The van der Waals surface area contributed by atoms with Crippen molar-refractivity contribution in [2.75, 3.05) is 5.32 Å². The van der Waals surface area contributed by atoms with Gasteiger partial charge in [-0.1, -0.05) is 12.1 Å². The molecule has 0 radical (unpaired) electrons. The van der Waals surface area contributed by atoms with Crippen molar-refractivity contribution in [3.05, 3.63) is 59.4 Å². The summed E-state index contributed by atoms with van der Waals surface area (Å²) < 4.78 is 39.4. The number of anilines is 1. The Hall–Kier alpha value is -2.17. The van der Waals surface area contributed by atoms with Gasteiger partial charge in [-0.15, -0.1) is 0 Å². The fourth-order valence-electron chi connectivity index (χ4n) is 1.81.